The van der Waals surface area contributed by atoms with Crippen molar-refractivity contribution in [1.29, 1.82) is 0 Å². The lowest BCUT2D eigenvalue weighted by molar-refractivity contribution is 0.0565. The van der Waals surface area contributed by atoms with Gasteiger partial charge >= 0.3 is 0 Å². The number of carbonyl (C=O) groups is 1. The highest BCUT2D eigenvalue weighted by Gasteiger charge is 2.25. The second-order valence-corrected chi connectivity index (χ2v) is 5.37. The summed E-state index contributed by atoms with van der Waals surface area (Å²) in [6, 6.07) is 5.41. The van der Waals surface area contributed by atoms with E-state index in [1.807, 2.05) is 17.0 Å². The van der Waals surface area contributed by atoms with Crippen LogP contribution >= 0.6 is 15.9 Å². The van der Waals surface area contributed by atoms with E-state index in [0.29, 0.717) is 16.2 Å². The van der Waals surface area contributed by atoms with Crippen molar-refractivity contribution in [2.75, 3.05) is 26.8 Å². The number of rotatable bonds is 3. The second-order valence-electron chi connectivity index (χ2n) is 4.56. The molecule has 1 aliphatic heterocycles. The van der Waals surface area contributed by atoms with Crippen molar-refractivity contribution >= 4 is 21.8 Å². The lowest BCUT2D eigenvalue weighted by atomic mass is 9.99. The van der Waals surface area contributed by atoms with Crippen LogP contribution in [0.15, 0.2) is 22.8 Å². The molecule has 2 rings (SSSR count). The Labute approximate surface area is 115 Å². The van der Waals surface area contributed by atoms with E-state index in [1.54, 1.807) is 13.2 Å². The maximum atomic E-state index is 12.3. The molecule has 1 amide bonds. The summed E-state index contributed by atoms with van der Waals surface area (Å²) in [5.74, 6) is 0.456. The number of amides is 1. The van der Waals surface area contributed by atoms with Crippen LogP contribution in [0.1, 0.15) is 23.3 Å². The van der Waals surface area contributed by atoms with E-state index in [2.05, 4.69) is 20.9 Å². The van der Waals surface area contributed by atoms with E-state index < -0.39 is 0 Å². The first-order chi connectivity index (χ1) is 8.70. The smallest absolute Gasteiger partial charge is 0.272 e. The second kappa shape index (κ2) is 6.29. The SMILES string of the molecule is COCC1CCCN(C(=O)c2cccc(Br)n2)C1. The van der Waals surface area contributed by atoms with Crippen LogP contribution in [0, 0.1) is 5.92 Å². The summed E-state index contributed by atoms with van der Waals surface area (Å²) in [6.45, 7) is 2.30. The van der Waals surface area contributed by atoms with Gasteiger partial charge < -0.3 is 9.64 Å². The number of hydrogen-bond donors (Lipinski definition) is 0. The van der Waals surface area contributed by atoms with Gasteiger partial charge in [0, 0.05) is 20.2 Å². The topological polar surface area (TPSA) is 42.4 Å². The molecule has 0 radical (unpaired) electrons. The Morgan fingerprint density at radius 2 is 2.44 bits per heavy atom. The fraction of sp³-hybridized carbons (Fsp3) is 0.538. The third-order valence-corrected chi connectivity index (χ3v) is 3.58. The van der Waals surface area contributed by atoms with Gasteiger partial charge in [-0.1, -0.05) is 6.07 Å². The van der Waals surface area contributed by atoms with E-state index in [1.165, 1.54) is 0 Å². The molecule has 1 saturated heterocycles. The minimum atomic E-state index is 0.0112. The molecule has 18 heavy (non-hydrogen) atoms. The lowest BCUT2D eigenvalue weighted by Gasteiger charge is -2.32. The molecule has 0 aliphatic carbocycles. The van der Waals surface area contributed by atoms with Crippen molar-refractivity contribution in [2.45, 2.75) is 12.8 Å². The molecule has 1 atom stereocenters. The highest BCUT2D eigenvalue weighted by atomic mass is 79.9. The standard InChI is InChI=1S/C13H17BrN2O2/c1-18-9-10-4-3-7-16(8-10)13(17)11-5-2-6-12(14)15-11/h2,5-6,10H,3-4,7-9H2,1H3. The van der Waals surface area contributed by atoms with Gasteiger partial charge in [-0.15, -0.1) is 0 Å². The third kappa shape index (κ3) is 3.29. The summed E-state index contributed by atoms with van der Waals surface area (Å²) in [5.41, 5.74) is 0.502. The van der Waals surface area contributed by atoms with Crippen LogP contribution in [0.4, 0.5) is 0 Å². The van der Waals surface area contributed by atoms with Crippen molar-refractivity contribution in [3.8, 4) is 0 Å². The highest BCUT2D eigenvalue weighted by Crippen LogP contribution is 2.18. The summed E-state index contributed by atoms with van der Waals surface area (Å²) < 4.78 is 5.87. The molecule has 0 aromatic carbocycles. The maximum absolute atomic E-state index is 12.3. The number of hydrogen-bond acceptors (Lipinski definition) is 3. The zero-order chi connectivity index (χ0) is 13.0. The van der Waals surface area contributed by atoms with Gasteiger partial charge in [-0.25, -0.2) is 4.98 Å². The van der Waals surface area contributed by atoms with Gasteiger partial charge in [-0.05, 0) is 46.8 Å². The maximum Gasteiger partial charge on any atom is 0.272 e. The Morgan fingerprint density at radius 3 is 3.17 bits per heavy atom. The molecule has 4 nitrogen and oxygen atoms in total. The molecule has 1 aliphatic rings. The Hall–Kier alpha value is -0.940. The average Bonchev–Trinajstić information content (AvgIpc) is 2.39. The number of nitrogens with zero attached hydrogens (tertiary/aromatic N) is 2. The number of piperidine rings is 1. The predicted octanol–water partition coefficient (Wildman–Crippen LogP) is 2.34. The lowest BCUT2D eigenvalue weighted by Crippen LogP contribution is -2.41. The number of halogens is 1. The molecular weight excluding hydrogens is 296 g/mol. The molecule has 2 heterocycles. The quantitative estimate of drug-likeness (QED) is 0.805. The molecule has 1 aromatic rings. The van der Waals surface area contributed by atoms with E-state index in [-0.39, 0.29) is 5.91 Å². The van der Waals surface area contributed by atoms with Gasteiger partial charge in [-0.2, -0.15) is 0 Å². The van der Waals surface area contributed by atoms with Crippen LogP contribution in [-0.2, 0) is 4.74 Å². The van der Waals surface area contributed by atoms with Crippen LogP contribution in [0.5, 0.6) is 0 Å². The molecule has 98 valence electrons. The molecule has 5 heteroatoms. The average molecular weight is 313 g/mol. The molecule has 1 unspecified atom stereocenters. The monoisotopic (exact) mass is 312 g/mol. The molecule has 1 aromatic heterocycles. The first-order valence-corrected chi connectivity index (χ1v) is 6.91. The van der Waals surface area contributed by atoms with E-state index in [0.717, 1.165) is 32.5 Å². The van der Waals surface area contributed by atoms with Crippen molar-refractivity contribution < 1.29 is 9.53 Å². The van der Waals surface area contributed by atoms with E-state index in [9.17, 15) is 4.79 Å². The molecule has 0 bridgehead atoms. The van der Waals surface area contributed by atoms with Crippen LogP contribution in [0.2, 0.25) is 0 Å². The Bertz CT molecular complexity index is 423. The van der Waals surface area contributed by atoms with Crippen molar-refractivity contribution in [3.63, 3.8) is 0 Å². The molecular formula is C13H17BrN2O2. The number of pyridine rings is 1. The van der Waals surface area contributed by atoms with E-state index in [4.69, 9.17) is 4.74 Å². The summed E-state index contributed by atoms with van der Waals surface area (Å²) >= 11 is 3.29. The Morgan fingerprint density at radius 1 is 1.61 bits per heavy atom. The normalized spacial score (nSPS) is 19.9. The largest absolute Gasteiger partial charge is 0.384 e. The van der Waals surface area contributed by atoms with E-state index >= 15 is 0 Å². The highest BCUT2D eigenvalue weighted by molar-refractivity contribution is 9.10. The van der Waals surface area contributed by atoms with Crippen LogP contribution in [-0.4, -0.2) is 42.6 Å². The first kappa shape index (κ1) is 13.5. The minimum absolute atomic E-state index is 0.0112. The molecule has 0 saturated carbocycles. The van der Waals surface area contributed by atoms with Crippen LogP contribution in [0.25, 0.3) is 0 Å². The first-order valence-electron chi connectivity index (χ1n) is 6.11. The summed E-state index contributed by atoms with van der Waals surface area (Å²) in [6.07, 6.45) is 2.16. The summed E-state index contributed by atoms with van der Waals surface area (Å²) in [7, 11) is 1.70. The number of likely N-dealkylation sites (tertiary alicyclic amines) is 1. The number of ether oxygens (including phenoxy) is 1. The zero-order valence-corrected chi connectivity index (χ0v) is 12.0. The van der Waals surface area contributed by atoms with Crippen LogP contribution in [0.3, 0.4) is 0 Å². The fourth-order valence-electron chi connectivity index (χ4n) is 2.31. The van der Waals surface area contributed by atoms with Crippen molar-refractivity contribution in [3.05, 3.63) is 28.5 Å². The fourth-order valence-corrected chi connectivity index (χ4v) is 2.65. The number of methoxy groups -OCH3 is 1. The zero-order valence-electron chi connectivity index (χ0n) is 10.4. The van der Waals surface area contributed by atoms with Crippen molar-refractivity contribution in [2.24, 2.45) is 5.92 Å². The Balaban J connectivity index is 2.04. The number of aromatic nitrogens is 1. The van der Waals surface area contributed by atoms with Gasteiger partial charge in [-0.3, -0.25) is 4.79 Å². The predicted molar refractivity (Wildman–Crippen MR) is 72.4 cm³/mol. The van der Waals surface area contributed by atoms with Crippen LogP contribution < -0.4 is 0 Å². The Kier molecular flexibility index (Phi) is 4.72. The third-order valence-electron chi connectivity index (χ3n) is 3.14. The molecule has 0 N–H and O–H groups in total. The van der Waals surface area contributed by atoms with Gasteiger partial charge in [0.05, 0.1) is 6.61 Å². The minimum Gasteiger partial charge on any atom is -0.384 e. The number of carbonyl (C=O) groups excluding carboxylic acids is 1. The molecule has 1 fully saturated rings. The molecule has 0 spiro atoms. The van der Waals surface area contributed by atoms with Gasteiger partial charge in [0.2, 0.25) is 0 Å². The summed E-state index contributed by atoms with van der Waals surface area (Å²) in [5, 5.41) is 0. The van der Waals surface area contributed by atoms with Crippen molar-refractivity contribution in [1.82, 2.24) is 9.88 Å². The summed E-state index contributed by atoms with van der Waals surface area (Å²) in [4.78, 5) is 18.4. The van der Waals surface area contributed by atoms with Gasteiger partial charge in [0.25, 0.3) is 5.91 Å². The van der Waals surface area contributed by atoms with Gasteiger partial charge in [0.1, 0.15) is 10.3 Å². The van der Waals surface area contributed by atoms with Gasteiger partial charge in [0.15, 0.2) is 0 Å².